The molecule has 70 valence electrons. The van der Waals surface area contributed by atoms with Crippen LogP contribution >= 0.6 is 0 Å². The minimum atomic E-state index is -0.117. The van der Waals surface area contributed by atoms with Crippen LogP contribution in [-0.2, 0) is 11.2 Å². The van der Waals surface area contributed by atoms with Gasteiger partial charge in [0.2, 0.25) is 0 Å². The molecule has 0 amide bonds. The van der Waals surface area contributed by atoms with Gasteiger partial charge in [-0.25, -0.2) is 4.98 Å². The number of aromatic amines is 1. The molecule has 0 bridgehead atoms. The van der Waals surface area contributed by atoms with E-state index in [2.05, 4.69) is 15.2 Å². The molecule has 1 aromatic rings. The smallest absolute Gasteiger partial charge is 0.179 e. The predicted molar refractivity (Wildman–Crippen MR) is 45.7 cm³/mol. The maximum Gasteiger partial charge on any atom is 0.179 e. The van der Waals surface area contributed by atoms with Crippen molar-refractivity contribution in [2.45, 2.75) is 26.4 Å². The number of ether oxygens (including phenoxy) is 1. The summed E-state index contributed by atoms with van der Waals surface area (Å²) in [7, 11) is 0. The molecule has 0 fully saturated rings. The van der Waals surface area contributed by atoms with Crippen molar-refractivity contribution >= 4 is 0 Å². The maximum atomic E-state index is 8.40. The Balaban J connectivity index is 2.63. The van der Waals surface area contributed by atoms with Crippen molar-refractivity contribution in [1.82, 2.24) is 15.2 Å². The second-order valence-corrected chi connectivity index (χ2v) is 2.57. The van der Waals surface area contributed by atoms with E-state index in [4.69, 9.17) is 10.00 Å². The van der Waals surface area contributed by atoms with Gasteiger partial charge in [0.25, 0.3) is 0 Å². The SMILES string of the molecule is CCOC(C)c1n[nH]c(CC#N)n1. The van der Waals surface area contributed by atoms with Crippen LogP contribution in [0.4, 0.5) is 0 Å². The molecule has 0 aliphatic carbocycles. The Morgan fingerprint density at radius 3 is 3.08 bits per heavy atom. The second-order valence-electron chi connectivity index (χ2n) is 2.57. The summed E-state index contributed by atoms with van der Waals surface area (Å²) < 4.78 is 5.29. The Hall–Kier alpha value is -1.41. The first-order valence-corrected chi connectivity index (χ1v) is 4.17. The van der Waals surface area contributed by atoms with Gasteiger partial charge in [-0.1, -0.05) is 0 Å². The minimum absolute atomic E-state index is 0.117. The van der Waals surface area contributed by atoms with Crippen molar-refractivity contribution in [3.8, 4) is 6.07 Å². The van der Waals surface area contributed by atoms with Crippen LogP contribution in [0.25, 0.3) is 0 Å². The molecular formula is C8H12N4O. The highest BCUT2D eigenvalue weighted by atomic mass is 16.5. The number of hydrogen-bond acceptors (Lipinski definition) is 4. The fraction of sp³-hybridized carbons (Fsp3) is 0.625. The van der Waals surface area contributed by atoms with E-state index in [1.807, 2.05) is 19.9 Å². The lowest BCUT2D eigenvalue weighted by atomic mass is 10.4. The Kier molecular flexibility index (Phi) is 3.41. The van der Waals surface area contributed by atoms with Crippen LogP contribution in [0.3, 0.4) is 0 Å². The number of H-pyrrole nitrogens is 1. The molecule has 0 radical (unpaired) electrons. The zero-order valence-corrected chi connectivity index (χ0v) is 7.74. The van der Waals surface area contributed by atoms with Crippen molar-refractivity contribution in [3.63, 3.8) is 0 Å². The van der Waals surface area contributed by atoms with Gasteiger partial charge >= 0.3 is 0 Å². The highest BCUT2D eigenvalue weighted by Crippen LogP contribution is 2.10. The normalized spacial score (nSPS) is 12.4. The van der Waals surface area contributed by atoms with Gasteiger partial charge in [-0.3, -0.25) is 5.10 Å². The van der Waals surface area contributed by atoms with Crippen LogP contribution < -0.4 is 0 Å². The summed E-state index contributed by atoms with van der Waals surface area (Å²) in [6, 6.07) is 1.99. The fourth-order valence-electron chi connectivity index (χ4n) is 0.970. The van der Waals surface area contributed by atoms with Gasteiger partial charge in [0.1, 0.15) is 11.9 Å². The maximum absolute atomic E-state index is 8.40. The highest BCUT2D eigenvalue weighted by molar-refractivity contribution is 4.98. The average molecular weight is 180 g/mol. The lowest BCUT2D eigenvalue weighted by molar-refractivity contribution is 0.0703. The summed E-state index contributed by atoms with van der Waals surface area (Å²) >= 11 is 0. The van der Waals surface area contributed by atoms with Crippen LogP contribution in [0.1, 0.15) is 31.6 Å². The number of aromatic nitrogens is 3. The van der Waals surface area contributed by atoms with Crippen molar-refractivity contribution in [2.24, 2.45) is 0 Å². The number of rotatable bonds is 4. The van der Waals surface area contributed by atoms with Gasteiger partial charge in [-0.2, -0.15) is 10.4 Å². The van der Waals surface area contributed by atoms with E-state index in [1.54, 1.807) is 0 Å². The first-order chi connectivity index (χ1) is 6.27. The Morgan fingerprint density at radius 1 is 1.69 bits per heavy atom. The predicted octanol–water partition coefficient (Wildman–Crippen LogP) is 0.968. The number of hydrogen-bond donors (Lipinski definition) is 1. The fourth-order valence-corrected chi connectivity index (χ4v) is 0.970. The first kappa shape index (κ1) is 9.68. The van der Waals surface area contributed by atoms with Gasteiger partial charge in [0, 0.05) is 6.61 Å². The molecule has 5 nitrogen and oxygen atoms in total. The summed E-state index contributed by atoms with van der Waals surface area (Å²) in [4.78, 5) is 4.10. The van der Waals surface area contributed by atoms with Gasteiger partial charge in [0.15, 0.2) is 5.82 Å². The highest BCUT2D eigenvalue weighted by Gasteiger charge is 2.10. The molecule has 0 aliphatic rings. The molecular weight excluding hydrogens is 168 g/mol. The van der Waals surface area contributed by atoms with E-state index < -0.39 is 0 Å². The third-order valence-electron chi connectivity index (χ3n) is 1.58. The van der Waals surface area contributed by atoms with E-state index in [0.717, 1.165) is 0 Å². The van der Waals surface area contributed by atoms with Crippen LogP contribution in [0.15, 0.2) is 0 Å². The van der Waals surface area contributed by atoms with Gasteiger partial charge in [-0.15, -0.1) is 0 Å². The largest absolute Gasteiger partial charge is 0.371 e. The Bertz CT molecular complexity index is 301. The van der Waals surface area contributed by atoms with E-state index in [9.17, 15) is 0 Å². The Labute approximate surface area is 76.7 Å². The molecule has 1 aromatic heterocycles. The summed E-state index contributed by atoms with van der Waals surface area (Å²) in [6.07, 6.45) is 0.139. The van der Waals surface area contributed by atoms with Crippen molar-refractivity contribution in [3.05, 3.63) is 11.6 Å². The van der Waals surface area contributed by atoms with Crippen molar-refractivity contribution < 1.29 is 4.74 Å². The molecule has 1 atom stereocenters. The summed E-state index contributed by atoms with van der Waals surface area (Å²) in [5, 5.41) is 15.0. The zero-order valence-electron chi connectivity index (χ0n) is 7.74. The van der Waals surface area contributed by atoms with Gasteiger partial charge < -0.3 is 4.74 Å². The molecule has 0 spiro atoms. The Morgan fingerprint density at radius 2 is 2.46 bits per heavy atom. The lowest BCUT2D eigenvalue weighted by Crippen LogP contribution is -2.01. The van der Waals surface area contributed by atoms with Crippen molar-refractivity contribution in [1.29, 1.82) is 5.26 Å². The molecule has 1 rings (SSSR count). The topological polar surface area (TPSA) is 74.6 Å². The van der Waals surface area contributed by atoms with E-state index in [0.29, 0.717) is 18.3 Å². The lowest BCUT2D eigenvalue weighted by Gasteiger charge is -2.05. The summed E-state index contributed by atoms with van der Waals surface area (Å²) in [6.45, 7) is 4.42. The van der Waals surface area contributed by atoms with Gasteiger partial charge in [0.05, 0.1) is 12.5 Å². The van der Waals surface area contributed by atoms with Crippen LogP contribution in [0.5, 0.6) is 0 Å². The average Bonchev–Trinajstić information content (AvgIpc) is 2.54. The molecule has 0 aromatic carbocycles. The van der Waals surface area contributed by atoms with E-state index in [1.165, 1.54) is 0 Å². The van der Waals surface area contributed by atoms with Crippen LogP contribution in [0.2, 0.25) is 0 Å². The molecule has 1 unspecified atom stereocenters. The molecule has 0 aliphatic heterocycles. The zero-order chi connectivity index (χ0) is 9.68. The van der Waals surface area contributed by atoms with Crippen LogP contribution in [0, 0.1) is 11.3 Å². The van der Waals surface area contributed by atoms with Gasteiger partial charge in [-0.05, 0) is 13.8 Å². The molecule has 0 saturated carbocycles. The summed E-state index contributed by atoms with van der Waals surface area (Å²) in [5.41, 5.74) is 0. The van der Waals surface area contributed by atoms with E-state index in [-0.39, 0.29) is 12.5 Å². The number of nitrogens with zero attached hydrogens (tertiary/aromatic N) is 3. The number of nitriles is 1. The third-order valence-corrected chi connectivity index (χ3v) is 1.58. The van der Waals surface area contributed by atoms with Crippen LogP contribution in [-0.4, -0.2) is 21.8 Å². The summed E-state index contributed by atoms with van der Waals surface area (Å²) in [5.74, 6) is 1.19. The second kappa shape index (κ2) is 4.58. The van der Waals surface area contributed by atoms with Crippen molar-refractivity contribution in [2.75, 3.05) is 6.61 Å². The number of nitrogens with one attached hydrogen (secondary N) is 1. The molecule has 1 N–H and O–H groups in total. The molecule has 1 heterocycles. The minimum Gasteiger partial charge on any atom is -0.371 e. The molecule has 13 heavy (non-hydrogen) atoms. The standard InChI is InChI=1S/C8H12N4O/c1-3-13-6(2)8-10-7(4-5-9)11-12-8/h6H,3-4H2,1-2H3,(H,10,11,12). The monoisotopic (exact) mass is 180 g/mol. The first-order valence-electron chi connectivity index (χ1n) is 4.17. The third kappa shape index (κ3) is 2.53. The molecule has 5 heteroatoms. The molecule has 0 saturated heterocycles. The quantitative estimate of drug-likeness (QED) is 0.749. The van der Waals surface area contributed by atoms with E-state index >= 15 is 0 Å².